The average molecular weight is 248 g/mol. The van der Waals surface area contributed by atoms with Gasteiger partial charge in [-0.05, 0) is 6.07 Å². The highest BCUT2D eigenvalue weighted by molar-refractivity contribution is 5.85. The minimum absolute atomic E-state index is 0. The van der Waals surface area contributed by atoms with Gasteiger partial charge < -0.3 is 21.1 Å². The Kier molecular flexibility index (Phi) is 5.06. The molecule has 0 aliphatic rings. The standard InChI is InChI=1S/C11H17NO3.ClH/c1-11(2,6-13)10(12)8-4-3-7(14)5-9(8)15;/h3-5,10,13-15H,6,12H2,1-2H3;1H/t10-;/m1./s1. The van der Waals surface area contributed by atoms with Crippen LogP contribution in [-0.4, -0.2) is 21.9 Å². The van der Waals surface area contributed by atoms with E-state index in [9.17, 15) is 5.11 Å². The maximum absolute atomic E-state index is 9.60. The van der Waals surface area contributed by atoms with E-state index < -0.39 is 11.5 Å². The lowest BCUT2D eigenvalue weighted by Crippen LogP contribution is -2.32. The van der Waals surface area contributed by atoms with Gasteiger partial charge in [0.1, 0.15) is 11.5 Å². The molecule has 0 saturated carbocycles. The maximum atomic E-state index is 9.60. The molecule has 16 heavy (non-hydrogen) atoms. The molecule has 0 aliphatic carbocycles. The number of aromatic hydroxyl groups is 2. The summed E-state index contributed by atoms with van der Waals surface area (Å²) in [5.74, 6) is -0.0609. The molecule has 1 aromatic rings. The summed E-state index contributed by atoms with van der Waals surface area (Å²) in [5, 5.41) is 27.9. The summed E-state index contributed by atoms with van der Waals surface area (Å²) in [6, 6.07) is 3.78. The van der Waals surface area contributed by atoms with Crippen LogP contribution in [0.1, 0.15) is 25.5 Å². The van der Waals surface area contributed by atoms with Crippen LogP contribution in [0, 0.1) is 5.41 Å². The highest BCUT2D eigenvalue weighted by Gasteiger charge is 2.28. The molecular weight excluding hydrogens is 230 g/mol. The zero-order valence-electron chi connectivity index (χ0n) is 9.34. The van der Waals surface area contributed by atoms with Crippen LogP contribution in [-0.2, 0) is 0 Å². The first-order valence-corrected chi connectivity index (χ1v) is 4.77. The van der Waals surface area contributed by atoms with Crippen LogP contribution >= 0.6 is 12.4 Å². The number of phenolic OH excluding ortho intramolecular Hbond substituents is 2. The van der Waals surface area contributed by atoms with E-state index in [0.717, 1.165) is 0 Å². The fourth-order valence-electron chi connectivity index (χ4n) is 1.31. The number of hydrogen-bond acceptors (Lipinski definition) is 4. The Labute approximate surface area is 101 Å². The number of hydrogen-bond donors (Lipinski definition) is 4. The van der Waals surface area contributed by atoms with Gasteiger partial charge in [0, 0.05) is 29.7 Å². The third-order valence-electron chi connectivity index (χ3n) is 2.60. The quantitative estimate of drug-likeness (QED) is 0.653. The highest BCUT2D eigenvalue weighted by Crippen LogP contribution is 2.36. The number of aliphatic hydroxyl groups excluding tert-OH is 1. The van der Waals surface area contributed by atoms with Crippen molar-refractivity contribution >= 4 is 12.4 Å². The lowest BCUT2D eigenvalue weighted by molar-refractivity contribution is 0.131. The largest absolute Gasteiger partial charge is 0.508 e. The predicted molar refractivity (Wildman–Crippen MR) is 64.8 cm³/mol. The molecule has 0 unspecified atom stereocenters. The van der Waals surface area contributed by atoms with Gasteiger partial charge in [-0.3, -0.25) is 0 Å². The van der Waals surface area contributed by atoms with E-state index in [1.54, 1.807) is 6.07 Å². The summed E-state index contributed by atoms with van der Waals surface area (Å²) >= 11 is 0. The van der Waals surface area contributed by atoms with Crippen LogP contribution in [0.3, 0.4) is 0 Å². The summed E-state index contributed by atoms with van der Waals surface area (Å²) in [5.41, 5.74) is 5.93. The normalized spacial score (nSPS) is 13.0. The second kappa shape index (κ2) is 5.39. The van der Waals surface area contributed by atoms with Gasteiger partial charge in [0.15, 0.2) is 0 Å². The summed E-state index contributed by atoms with van der Waals surface area (Å²) in [6.45, 7) is 3.54. The minimum atomic E-state index is -0.519. The van der Waals surface area contributed by atoms with Crippen LogP contribution in [0.15, 0.2) is 18.2 Å². The van der Waals surface area contributed by atoms with Crippen molar-refractivity contribution in [1.82, 2.24) is 0 Å². The van der Waals surface area contributed by atoms with E-state index in [-0.39, 0.29) is 30.5 Å². The number of rotatable bonds is 3. The van der Waals surface area contributed by atoms with E-state index in [1.165, 1.54) is 12.1 Å². The van der Waals surface area contributed by atoms with E-state index in [2.05, 4.69) is 0 Å². The molecule has 0 heterocycles. The Morgan fingerprint density at radius 2 is 1.88 bits per heavy atom. The van der Waals surface area contributed by atoms with Gasteiger partial charge in [0.05, 0.1) is 0 Å². The van der Waals surface area contributed by atoms with Crippen molar-refractivity contribution in [3.63, 3.8) is 0 Å². The number of benzene rings is 1. The number of phenols is 2. The number of nitrogens with two attached hydrogens (primary N) is 1. The Bertz CT molecular complexity index is 355. The topological polar surface area (TPSA) is 86.7 Å². The zero-order chi connectivity index (χ0) is 11.6. The van der Waals surface area contributed by atoms with Gasteiger partial charge in [0.25, 0.3) is 0 Å². The predicted octanol–water partition coefficient (Wildman–Crippen LogP) is 1.54. The van der Waals surface area contributed by atoms with Gasteiger partial charge in [-0.1, -0.05) is 19.9 Å². The second-order valence-corrected chi connectivity index (χ2v) is 4.37. The Morgan fingerprint density at radius 1 is 1.31 bits per heavy atom. The number of aliphatic hydroxyl groups is 1. The van der Waals surface area contributed by atoms with Crippen molar-refractivity contribution in [3.8, 4) is 11.5 Å². The van der Waals surface area contributed by atoms with Crippen LogP contribution in [0.25, 0.3) is 0 Å². The Morgan fingerprint density at radius 3 is 2.31 bits per heavy atom. The van der Waals surface area contributed by atoms with Gasteiger partial charge in [-0.2, -0.15) is 0 Å². The molecule has 0 spiro atoms. The van der Waals surface area contributed by atoms with Crippen molar-refractivity contribution < 1.29 is 15.3 Å². The van der Waals surface area contributed by atoms with E-state index in [4.69, 9.17) is 15.9 Å². The minimum Gasteiger partial charge on any atom is -0.508 e. The van der Waals surface area contributed by atoms with Crippen molar-refractivity contribution in [2.45, 2.75) is 19.9 Å². The fourth-order valence-corrected chi connectivity index (χ4v) is 1.31. The first kappa shape index (κ1) is 15.0. The maximum Gasteiger partial charge on any atom is 0.124 e. The fraction of sp³-hybridized carbons (Fsp3) is 0.455. The molecular formula is C11H18ClNO3. The molecule has 0 radical (unpaired) electrons. The van der Waals surface area contributed by atoms with Crippen LogP contribution < -0.4 is 5.73 Å². The summed E-state index contributed by atoms with van der Waals surface area (Å²) in [4.78, 5) is 0. The SMILES string of the molecule is CC(C)(CO)[C@H](N)c1ccc(O)cc1O.Cl. The van der Waals surface area contributed by atoms with Crippen LogP contribution in [0.2, 0.25) is 0 Å². The molecule has 0 amide bonds. The molecule has 1 atom stereocenters. The molecule has 0 fully saturated rings. The van der Waals surface area contributed by atoms with Crippen molar-refractivity contribution in [2.75, 3.05) is 6.61 Å². The molecule has 4 nitrogen and oxygen atoms in total. The Balaban J connectivity index is 0.00000225. The molecule has 5 heteroatoms. The molecule has 0 saturated heterocycles. The van der Waals surface area contributed by atoms with Crippen LogP contribution in [0.5, 0.6) is 11.5 Å². The van der Waals surface area contributed by atoms with Gasteiger partial charge in [-0.15, -0.1) is 12.4 Å². The van der Waals surface area contributed by atoms with Crippen molar-refractivity contribution in [3.05, 3.63) is 23.8 Å². The molecule has 1 aromatic carbocycles. The van der Waals surface area contributed by atoms with E-state index >= 15 is 0 Å². The summed E-state index contributed by atoms with van der Waals surface area (Å²) in [6.07, 6.45) is 0. The second-order valence-electron chi connectivity index (χ2n) is 4.37. The molecule has 1 rings (SSSR count). The first-order valence-electron chi connectivity index (χ1n) is 4.77. The van der Waals surface area contributed by atoms with E-state index in [0.29, 0.717) is 5.56 Å². The molecule has 5 N–H and O–H groups in total. The van der Waals surface area contributed by atoms with Gasteiger partial charge >= 0.3 is 0 Å². The molecule has 0 aromatic heterocycles. The summed E-state index contributed by atoms with van der Waals surface area (Å²) < 4.78 is 0. The highest BCUT2D eigenvalue weighted by atomic mass is 35.5. The lowest BCUT2D eigenvalue weighted by Gasteiger charge is -2.30. The van der Waals surface area contributed by atoms with Crippen LogP contribution in [0.4, 0.5) is 0 Å². The average Bonchev–Trinajstić information content (AvgIpc) is 2.17. The lowest BCUT2D eigenvalue weighted by atomic mass is 9.81. The molecule has 92 valence electrons. The smallest absolute Gasteiger partial charge is 0.124 e. The van der Waals surface area contributed by atoms with Crippen molar-refractivity contribution in [1.29, 1.82) is 0 Å². The molecule has 0 aliphatic heterocycles. The van der Waals surface area contributed by atoms with Crippen molar-refractivity contribution in [2.24, 2.45) is 11.1 Å². The monoisotopic (exact) mass is 247 g/mol. The molecule has 0 bridgehead atoms. The first-order chi connectivity index (χ1) is 6.88. The Hall–Kier alpha value is -0.970. The third kappa shape index (κ3) is 3.01. The zero-order valence-corrected chi connectivity index (χ0v) is 10.2. The van der Waals surface area contributed by atoms with Gasteiger partial charge in [-0.25, -0.2) is 0 Å². The summed E-state index contributed by atoms with van der Waals surface area (Å²) in [7, 11) is 0. The van der Waals surface area contributed by atoms with Gasteiger partial charge in [0.2, 0.25) is 0 Å². The number of halogens is 1. The third-order valence-corrected chi connectivity index (χ3v) is 2.60. The van der Waals surface area contributed by atoms with E-state index in [1.807, 2.05) is 13.8 Å².